The van der Waals surface area contributed by atoms with E-state index in [1.807, 2.05) is 30.3 Å². The molecule has 0 bridgehead atoms. The SMILES string of the molecule is C=CN=C(N=C(C=C)Nc1cccc(NC(=O)C=C)c1)Nc1ccc2c(c1)OCC1COCCN21. The van der Waals surface area contributed by atoms with Crippen molar-refractivity contribution in [3.63, 3.8) is 0 Å². The average Bonchev–Trinajstić information content (AvgIpc) is 2.88. The van der Waals surface area contributed by atoms with Crippen LogP contribution < -0.4 is 25.6 Å². The van der Waals surface area contributed by atoms with Crippen molar-refractivity contribution in [2.45, 2.75) is 6.04 Å². The Morgan fingerprint density at radius 3 is 2.57 bits per heavy atom. The molecule has 9 heteroatoms. The highest BCUT2D eigenvalue weighted by molar-refractivity contribution is 6.12. The molecular formula is C26H28N6O3. The molecule has 1 amide bonds. The Kier molecular flexibility index (Phi) is 7.59. The molecule has 2 heterocycles. The van der Waals surface area contributed by atoms with Crippen LogP contribution in [0.1, 0.15) is 0 Å². The number of hydrogen-bond donors (Lipinski definition) is 3. The van der Waals surface area contributed by atoms with Crippen molar-refractivity contribution >= 4 is 40.5 Å². The number of fused-ring (bicyclic) bond motifs is 3. The molecule has 2 aromatic carbocycles. The van der Waals surface area contributed by atoms with Crippen LogP contribution in [0.15, 0.2) is 90.5 Å². The van der Waals surface area contributed by atoms with Gasteiger partial charge in [-0.1, -0.05) is 25.8 Å². The Hall–Kier alpha value is -4.37. The molecule has 0 radical (unpaired) electrons. The lowest BCUT2D eigenvalue weighted by atomic mass is 10.1. The van der Waals surface area contributed by atoms with E-state index in [1.165, 1.54) is 12.3 Å². The molecule has 1 atom stereocenters. The summed E-state index contributed by atoms with van der Waals surface area (Å²) in [6.07, 6.45) is 4.19. The van der Waals surface area contributed by atoms with E-state index in [9.17, 15) is 4.79 Å². The number of benzene rings is 2. The minimum atomic E-state index is -0.289. The van der Waals surface area contributed by atoms with E-state index in [-0.39, 0.29) is 11.9 Å². The van der Waals surface area contributed by atoms with Gasteiger partial charge in [0.1, 0.15) is 18.2 Å². The predicted octanol–water partition coefficient (Wildman–Crippen LogP) is 4.02. The molecule has 2 aliphatic rings. The maximum absolute atomic E-state index is 11.6. The molecular weight excluding hydrogens is 444 g/mol. The normalized spacial score (nSPS) is 17.3. The van der Waals surface area contributed by atoms with Gasteiger partial charge in [-0.2, -0.15) is 4.99 Å². The number of morpholine rings is 1. The first-order chi connectivity index (χ1) is 17.1. The highest BCUT2D eigenvalue weighted by Crippen LogP contribution is 2.37. The summed E-state index contributed by atoms with van der Waals surface area (Å²) >= 11 is 0. The Morgan fingerprint density at radius 1 is 1.00 bits per heavy atom. The van der Waals surface area contributed by atoms with Crippen LogP contribution in [0.5, 0.6) is 5.75 Å². The molecule has 1 saturated heterocycles. The van der Waals surface area contributed by atoms with Crippen LogP contribution in [-0.2, 0) is 9.53 Å². The zero-order valence-electron chi connectivity index (χ0n) is 19.4. The maximum atomic E-state index is 11.6. The van der Waals surface area contributed by atoms with Crippen molar-refractivity contribution in [3.05, 3.63) is 80.6 Å². The molecule has 2 aromatic rings. The van der Waals surface area contributed by atoms with Gasteiger partial charge < -0.3 is 30.3 Å². The van der Waals surface area contributed by atoms with E-state index in [1.54, 1.807) is 18.2 Å². The first kappa shape index (κ1) is 23.8. The van der Waals surface area contributed by atoms with Crippen LogP contribution in [0.3, 0.4) is 0 Å². The predicted molar refractivity (Wildman–Crippen MR) is 142 cm³/mol. The standard InChI is InChI=1S/C26H28N6O3/c1-4-24(28-18-8-7-9-19(14-18)29-25(33)5-2)31-26(27-6-3)30-20-10-11-22-23(15-20)35-17-21-16-34-13-12-32(21)22/h4-11,14-15,21H,1-3,12-13,16-17H2,(H,29,33)(H2,27,28,30,31). The van der Waals surface area contributed by atoms with Crippen molar-refractivity contribution in [1.29, 1.82) is 0 Å². The van der Waals surface area contributed by atoms with Crippen LogP contribution >= 0.6 is 0 Å². The molecule has 0 saturated carbocycles. The van der Waals surface area contributed by atoms with Gasteiger partial charge in [-0.05, 0) is 42.5 Å². The van der Waals surface area contributed by atoms with Gasteiger partial charge in [0.25, 0.3) is 0 Å². The zero-order valence-corrected chi connectivity index (χ0v) is 19.4. The van der Waals surface area contributed by atoms with Crippen molar-refractivity contribution in [2.24, 2.45) is 9.98 Å². The van der Waals surface area contributed by atoms with Gasteiger partial charge in [0.15, 0.2) is 0 Å². The summed E-state index contributed by atoms with van der Waals surface area (Å²) in [5.41, 5.74) is 3.17. The van der Waals surface area contributed by atoms with Gasteiger partial charge in [0, 0.05) is 35.9 Å². The van der Waals surface area contributed by atoms with E-state index < -0.39 is 0 Å². The summed E-state index contributed by atoms with van der Waals surface area (Å²) in [5, 5.41) is 9.11. The van der Waals surface area contributed by atoms with E-state index in [4.69, 9.17) is 9.47 Å². The summed E-state index contributed by atoms with van der Waals surface area (Å²) in [6.45, 7) is 13.8. The van der Waals surface area contributed by atoms with Crippen LogP contribution in [0.4, 0.5) is 22.7 Å². The van der Waals surface area contributed by atoms with Crippen LogP contribution in [0.2, 0.25) is 0 Å². The number of carbonyl (C=O) groups is 1. The third kappa shape index (κ3) is 5.96. The van der Waals surface area contributed by atoms with Gasteiger partial charge >= 0.3 is 0 Å². The third-order valence-electron chi connectivity index (χ3n) is 5.41. The number of ether oxygens (including phenoxy) is 2. The summed E-state index contributed by atoms with van der Waals surface area (Å²) < 4.78 is 11.5. The second-order valence-corrected chi connectivity index (χ2v) is 7.78. The van der Waals surface area contributed by atoms with Crippen molar-refractivity contribution in [2.75, 3.05) is 47.2 Å². The maximum Gasteiger partial charge on any atom is 0.247 e. The second kappa shape index (κ2) is 11.2. The molecule has 2 aliphatic heterocycles. The quantitative estimate of drug-likeness (QED) is 0.334. The number of anilines is 4. The topological polar surface area (TPSA) is 99.6 Å². The first-order valence-corrected chi connectivity index (χ1v) is 11.2. The number of hydrogen-bond acceptors (Lipinski definition) is 5. The van der Waals surface area contributed by atoms with E-state index >= 15 is 0 Å². The van der Waals surface area contributed by atoms with Gasteiger partial charge in [-0.3, -0.25) is 4.79 Å². The number of nitrogens with one attached hydrogen (secondary N) is 3. The molecule has 0 spiro atoms. The fourth-order valence-corrected chi connectivity index (χ4v) is 3.80. The third-order valence-corrected chi connectivity index (χ3v) is 5.41. The van der Waals surface area contributed by atoms with Gasteiger partial charge in [0.05, 0.1) is 24.9 Å². The number of nitrogens with zero attached hydrogens (tertiary/aromatic N) is 3. The lowest BCUT2D eigenvalue weighted by Gasteiger charge is -2.41. The molecule has 35 heavy (non-hydrogen) atoms. The minimum Gasteiger partial charge on any atom is -0.489 e. The number of guanidine groups is 1. The first-order valence-electron chi connectivity index (χ1n) is 11.2. The van der Waals surface area contributed by atoms with Gasteiger partial charge in [0.2, 0.25) is 11.9 Å². The fraction of sp³-hybridized carbons (Fsp3) is 0.192. The van der Waals surface area contributed by atoms with E-state index in [2.05, 4.69) is 50.6 Å². The van der Waals surface area contributed by atoms with E-state index in [0.29, 0.717) is 43.0 Å². The zero-order chi connectivity index (χ0) is 24.6. The molecule has 4 rings (SSSR count). The number of rotatable bonds is 6. The van der Waals surface area contributed by atoms with Crippen molar-refractivity contribution in [3.8, 4) is 5.75 Å². The van der Waals surface area contributed by atoms with Gasteiger partial charge in [-0.15, -0.1) is 0 Å². The van der Waals surface area contributed by atoms with Crippen molar-refractivity contribution in [1.82, 2.24) is 0 Å². The molecule has 9 nitrogen and oxygen atoms in total. The molecule has 3 N–H and O–H groups in total. The highest BCUT2D eigenvalue weighted by atomic mass is 16.5. The lowest BCUT2D eigenvalue weighted by Crippen LogP contribution is -2.51. The number of carbonyl (C=O) groups excluding carboxylic acids is 1. The highest BCUT2D eigenvalue weighted by Gasteiger charge is 2.30. The van der Waals surface area contributed by atoms with Crippen molar-refractivity contribution < 1.29 is 14.3 Å². The molecule has 1 fully saturated rings. The summed E-state index contributed by atoms with van der Waals surface area (Å²) in [5.74, 6) is 1.28. The Labute approximate surface area is 204 Å². The largest absolute Gasteiger partial charge is 0.489 e. The van der Waals surface area contributed by atoms with Crippen LogP contribution in [0, 0.1) is 0 Å². The van der Waals surface area contributed by atoms with Crippen LogP contribution in [0.25, 0.3) is 0 Å². The molecule has 180 valence electrons. The Balaban J connectivity index is 1.50. The fourth-order valence-electron chi connectivity index (χ4n) is 3.80. The summed E-state index contributed by atoms with van der Waals surface area (Å²) in [4.78, 5) is 22.7. The average molecular weight is 473 g/mol. The molecule has 1 unspecified atom stereocenters. The van der Waals surface area contributed by atoms with Gasteiger partial charge in [-0.25, -0.2) is 4.99 Å². The monoisotopic (exact) mass is 472 g/mol. The summed E-state index contributed by atoms with van der Waals surface area (Å²) in [7, 11) is 0. The lowest BCUT2D eigenvalue weighted by molar-refractivity contribution is -0.111. The summed E-state index contributed by atoms with van der Waals surface area (Å²) in [6, 6.07) is 13.4. The number of aliphatic imine (C=N–C) groups is 2. The number of amides is 1. The van der Waals surface area contributed by atoms with Crippen LogP contribution in [-0.4, -0.2) is 50.1 Å². The molecule has 0 aromatic heterocycles. The number of amidine groups is 1. The van der Waals surface area contributed by atoms with E-state index in [0.717, 1.165) is 23.7 Å². The molecule has 0 aliphatic carbocycles. The minimum absolute atomic E-state index is 0.238. The second-order valence-electron chi connectivity index (χ2n) is 7.78. The smallest absolute Gasteiger partial charge is 0.247 e. The Morgan fingerprint density at radius 2 is 1.80 bits per heavy atom. The Bertz CT molecular complexity index is 1190.